The van der Waals surface area contributed by atoms with Gasteiger partial charge >= 0.3 is 6.18 Å². The van der Waals surface area contributed by atoms with Crippen LogP contribution in [0.2, 0.25) is 0 Å². The van der Waals surface area contributed by atoms with E-state index in [0.29, 0.717) is 6.29 Å². The van der Waals surface area contributed by atoms with Gasteiger partial charge in [-0.25, -0.2) is 0 Å². The van der Waals surface area contributed by atoms with Crippen molar-refractivity contribution in [3.8, 4) is 5.95 Å². The first-order valence-electron chi connectivity index (χ1n) is 6.78. The summed E-state index contributed by atoms with van der Waals surface area (Å²) >= 11 is 0. The molecule has 0 unspecified atom stereocenters. The molecule has 1 aromatic carbocycles. The zero-order valence-corrected chi connectivity index (χ0v) is 12.8. The Labute approximate surface area is 129 Å². The van der Waals surface area contributed by atoms with Gasteiger partial charge < -0.3 is 9.15 Å². The van der Waals surface area contributed by atoms with Crippen molar-refractivity contribution in [1.82, 2.24) is 0 Å². The molecule has 0 bridgehead atoms. The monoisotopic (exact) mass is 328 g/mol. The molecule has 0 amide bonds. The van der Waals surface area contributed by atoms with Crippen molar-refractivity contribution in [3.63, 3.8) is 0 Å². The topological polar surface area (TPSA) is 56.5 Å². The maximum atomic E-state index is 12.2. The molecule has 124 valence electrons. The van der Waals surface area contributed by atoms with Gasteiger partial charge in [0.25, 0.3) is 5.95 Å². The Hall–Kier alpha value is -2.31. The molecule has 0 saturated carbocycles. The summed E-state index contributed by atoms with van der Waals surface area (Å²) in [7, 11) is 0. The number of hydrogen-bond acceptors (Lipinski definition) is 4. The molecule has 0 radical (unpaired) electrons. The second-order valence-electron chi connectivity index (χ2n) is 6.14. The molecular weight excluding hydrogens is 313 g/mol. The zero-order chi connectivity index (χ0) is 17.4. The molecule has 7 heteroatoms. The molecule has 0 saturated heterocycles. The van der Waals surface area contributed by atoms with E-state index in [9.17, 15) is 22.8 Å². The first kappa shape index (κ1) is 17.1. The molecule has 0 atom stereocenters. The van der Waals surface area contributed by atoms with Crippen molar-refractivity contribution in [2.45, 2.75) is 32.4 Å². The molecule has 1 heterocycles. The summed E-state index contributed by atoms with van der Waals surface area (Å²) in [6.07, 6.45) is -4.06. The molecule has 0 fully saturated rings. The largest absolute Gasteiger partial charge is 0.455 e. The molecule has 0 aliphatic rings. The van der Waals surface area contributed by atoms with E-state index in [0.717, 1.165) is 11.6 Å². The number of carbonyl (C=O) groups excluding carboxylic acids is 1. The van der Waals surface area contributed by atoms with Crippen molar-refractivity contribution >= 4 is 17.3 Å². The molecule has 1 aromatic heterocycles. The molecule has 4 nitrogen and oxygen atoms in total. The summed E-state index contributed by atoms with van der Waals surface area (Å²) in [6, 6.07) is 3.96. The van der Waals surface area contributed by atoms with Crippen LogP contribution >= 0.6 is 0 Å². The fourth-order valence-electron chi connectivity index (χ4n) is 2.01. The third kappa shape index (κ3) is 3.91. The number of alkyl halides is 3. The van der Waals surface area contributed by atoms with Gasteiger partial charge in [-0.15, -0.1) is 0 Å². The zero-order valence-electron chi connectivity index (χ0n) is 12.8. The summed E-state index contributed by atoms with van der Waals surface area (Å²) < 4.78 is 46.2. The van der Waals surface area contributed by atoms with Crippen LogP contribution in [-0.2, 0) is 5.41 Å². The lowest BCUT2D eigenvalue weighted by Crippen LogP contribution is -2.20. The molecule has 23 heavy (non-hydrogen) atoms. The Bertz CT molecular complexity index is 798. The highest BCUT2D eigenvalue weighted by atomic mass is 19.4. The Morgan fingerprint density at radius 3 is 2.35 bits per heavy atom. The number of aldehydes is 1. The highest BCUT2D eigenvalue weighted by Gasteiger charge is 2.29. The van der Waals surface area contributed by atoms with Crippen molar-refractivity contribution in [3.05, 3.63) is 39.5 Å². The number of hydrogen-bond donors (Lipinski definition) is 0. The van der Waals surface area contributed by atoms with Gasteiger partial charge in [-0.3, -0.25) is 9.59 Å². The van der Waals surface area contributed by atoms with E-state index in [1.54, 1.807) is 12.1 Å². The summed E-state index contributed by atoms with van der Waals surface area (Å²) in [6.45, 7) is 4.14. The molecule has 0 N–H and O–H groups in total. The second kappa shape index (κ2) is 5.72. The second-order valence-corrected chi connectivity index (χ2v) is 6.14. The third-order valence-corrected chi connectivity index (χ3v) is 3.21. The van der Waals surface area contributed by atoms with Gasteiger partial charge in [-0.2, -0.15) is 13.2 Å². The number of rotatable bonds is 3. The number of carbonyl (C=O) groups is 1. The number of ether oxygens (including phenoxy) is 1. The van der Waals surface area contributed by atoms with Crippen LogP contribution in [0.4, 0.5) is 13.2 Å². The van der Waals surface area contributed by atoms with Gasteiger partial charge in [-0.05, 0) is 23.1 Å². The summed E-state index contributed by atoms with van der Waals surface area (Å²) in [5.74, 6) is -0.577. The van der Waals surface area contributed by atoms with E-state index in [2.05, 4.69) is 4.74 Å². The summed E-state index contributed by atoms with van der Waals surface area (Å²) in [4.78, 5) is 23.4. The highest BCUT2D eigenvalue weighted by Crippen LogP contribution is 2.29. The predicted molar refractivity (Wildman–Crippen MR) is 78.1 cm³/mol. The average Bonchev–Trinajstić information content (AvgIpc) is 2.42. The Morgan fingerprint density at radius 1 is 1.17 bits per heavy atom. The van der Waals surface area contributed by atoms with E-state index in [4.69, 9.17) is 4.42 Å². The van der Waals surface area contributed by atoms with Crippen LogP contribution in [-0.4, -0.2) is 19.1 Å². The minimum Gasteiger partial charge on any atom is -0.455 e. The Balaban J connectivity index is 2.60. The number of benzene rings is 1. The van der Waals surface area contributed by atoms with Gasteiger partial charge in [0.05, 0.1) is 17.0 Å². The predicted octanol–water partition coefficient (Wildman–Crippen LogP) is 3.84. The minimum absolute atomic E-state index is 0.0852. The van der Waals surface area contributed by atoms with Gasteiger partial charge in [0.2, 0.25) is 0 Å². The summed E-state index contributed by atoms with van der Waals surface area (Å²) in [5.41, 5.74) is -0.148. The minimum atomic E-state index is -4.56. The van der Waals surface area contributed by atoms with Crippen LogP contribution in [0.3, 0.4) is 0 Å². The van der Waals surface area contributed by atoms with Crippen molar-refractivity contribution in [1.29, 1.82) is 0 Å². The SMILES string of the molecule is CC(C)(C)c1cc(C=O)c2oc(OCC(F)(F)F)cc(=O)c2c1. The average molecular weight is 328 g/mol. The van der Waals surface area contributed by atoms with Gasteiger partial charge in [0.15, 0.2) is 23.9 Å². The third-order valence-electron chi connectivity index (χ3n) is 3.21. The fraction of sp³-hybridized carbons (Fsp3) is 0.375. The smallest absolute Gasteiger partial charge is 0.422 e. The van der Waals surface area contributed by atoms with Crippen molar-refractivity contribution in [2.24, 2.45) is 0 Å². The van der Waals surface area contributed by atoms with Gasteiger partial charge in [0, 0.05) is 0 Å². The molecule has 0 spiro atoms. The van der Waals surface area contributed by atoms with E-state index >= 15 is 0 Å². The van der Waals surface area contributed by atoms with E-state index in [-0.39, 0.29) is 21.9 Å². The first-order chi connectivity index (χ1) is 10.5. The standard InChI is InChI=1S/C16H15F3O4/c1-15(2,3)10-4-9(7-20)14-11(5-10)12(21)6-13(23-14)22-8-16(17,18)19/h4-7H,8H2,1-3H3. The normalized spacial score (nSPS) is 12.4. The van der Waals surface area contributed by atoms with E-state index in [1.807, 2.05) is 20.8 Å². The molecule has 0 aliphatic heterocycles. The quantitative estimate of drug-likeness (QED) is 0.803. The van der Waals surface area contributed by atoms with Crippen LogP contribution in [0.15, 0.2) is 27.4 Å². The van der Waals surface area contributed by atoms with Crippen LogP contribution in [0, 0.1) is 0 Å². The fourth-order valence-corrected chi connectivity index (χ4v) is 2.01. The van der Waals surface area contributed by atoms with E-state index < -0.39 is 24.2 Å². The number of halogens is 3. The Morgan fingerprint density at radius 2 is 1.83 bits per heavy atom. The van der Waals surface area contributed by atoms with Crippen LogP contribution in [0.1, 0.15) is 36.7 Å². The van der Waals surface area contributed by atoms with Crippen LogP contribution < -0.4 is 10.2 Å². The van der Waals surface area contributed by atoms with Crippen LogP contribution in [0.25, 0.3) is 11.0 Å². The highest BCUT2D eigenvalue weighted by molar-refractivity contribution is 5.95. The summed E-state index contributed by atoms with van der Waals surface area (Å²) in [5, 5.41) is 0.124. The van der Waals surface area contributed by atoms with Gasteiger partial charge in [-0.1, -0.05) is 20.8 Å². The van der Waals surface area contributed by atoms with Gasteiger partial charge in [0.1, 0.15) is 0 Å². The van der Waals surface area contributed by atoms with Crippen molar-refractivity contribution < 1.29 is 27.1 Å². The molecule has 0 aliphatic carbocycles. The molecular formula is C16H15F3O4. The lowest BCUT2D eigenvalue weighted by atomic mass is 9.85. The van der Waals surface area contributed by atoms with Crippen LogP contribution in [0.5, 0.6) is 5.95 Å². The van der Waals surface area contributed by atoms with Crippen molar-refractivity contribution in [2.75, 3.05) is 6.61 Å². The maximum Gasteiger partial charge on any atom is 0.422 e. The number of fused-ring (bicyclic) bond motifs is 1. The first-order valence-corrected chi connectivity index (χ1v) is 6.78. The Kier molecular flexibility index (Phi) is 4.24. The lowest BCUT2D eigenvalue weighted by Gasteiger charge is -2.20. The van der Waals surface area contributed by atoms with E-state index in [1.165, 1.54) is 0 Å². The maximum absolute atomic E-state index is 12.2. The molecule has 2 rings (SSSR count). The molecule has 2 aromatic rings. The lowest BCUT2D eigenvalue weighted by molar-refractivity contribution is -0.156.